The van der Waals surface area contributed by atoms with Crippen molar-refractivity contribution in [3.63, 3.8) is 0 Å². The Labute approximate surface area is 79.8 Å². The third-order valence-electron chi connectivity index (χ3n) is 2.33. The number of carbonyl (C=O) groups excluding carboxylic acids is 1. The summed E-state index contributed by atoms with van der Waals surface area (Å²) in [7, 11) is 0. The predicted molar refractivity (Wildman–Crippen MR) is 54.7 cm³/mol. The molecule has 1 unspecified atom stereocenters. The fraction of sp³-hybridized carbons (Fsp3) is 0.417. The van der Waals surface area contributed by atoms with E-state index in [4.69, 9.17) is 0 Å². The Kier molecular flexibility index (Phi) is 3.69. The predicted octanol–water partition coefficient (Wildman–Crippen LogP) is 3.02. The number of aldehydes is 1. The molecule has 0 saturated carbocycles. The maximum Gasteiger partial charge on any atom is 0.122 e. The lowest BCUT2D eigenvalue weighted by Gasteiger charge is -2.12. The number of benzene rings is 1. The molecule has 1 heteroatoms. The molecule has 1 aromatic rings. The highest BCUT2D eigenvalue weighted by Gasteiger charge is 2.08. The van der Waals surface area contributed by atoms with Crippen LogP contribution in [0.15, 0.2) is 30.3 Å². The molecular weight excluding hydrogens is 160 g/mol. The molecule has 0 radical (unpaired) electrons. The summed E-state index contributed by atoms with van der Waals surface area (Å²) in [6, 6.07) is 10.3. The minimum Gasteiger partial charge on any atom is -0.303 e. The third kappa shape index (κ3) is 3.02. The van der Waals surface area contributed by atoms with Crippen molar-refractivity contribution in [1.29, 1.82) is 0 Å². The van der Waals surface area contributed by atoms with Crippen LogP contribution in [0.1, 0.15) is 31.7 Å². The molecule has 13 heavy (non-hydrogen) atoms. The van der Waals surface area contributed by atoms with Gasteiger partial charge in [0.15, 0.2) is 0 Å². The Morgan fingerprint density at radius 2 is 1.85 bits per heavy atom. The van der Waals surface area contributed by atoms with Crippen LogP contribution in [0.25, 0.3) is 0 Å². The van der Waals surface area contributed by atoms with Crippen molar-refractivity contribution in [3.05, 3.63) is 35.9 Å². The Hall–Kier alpha value is -1.11. The monoisotopic (exact) mass is 176 g/mol. The Balaban J connectivity index is 2.58. The number of hydrogen-bond donors (Lipinski definition) is 0. The van der Waals surface area contributed by atoms with Gasteiger partial charge in [0.1, 0.15) is 6.29 Å². The summed E-state index contributed by atoms with van der Waals surface area (Å²) < 4.78 is 0. The quantitative estimate of drug-likeness (QED) is 0.644. The summed E-state index contributed by atoms with van der Waals surface area (Å²) >= 11 is 0. The van der Waals surface area contributed by atoms with E-state index in [2.05, 4.69) is 19.1 Å². The van der Waals surface area contributed by atoms with Crippen LogP contribution in [0.3, 0.4) is 0 Å². The standard InChI is InChI=1S/C12H16O/c1-10(9-13)8-11(2)12-6-4-3-5-7-12/h3-7,9-11H,8H2,1-2H3/t10?,11-/m0/s1. The summed E-state index contributed by atoms with van der Waals surface area (Å²) in [4.78, 5) is 10.5. The van der Waals surface area contributed by atoms with Gasteiger partial charge in [-0.2, -0.15) is 0 Å². The van der Waals surface area contributed by atoms with E-state index in [1.165, 1.54) is 5.56 Å². The molecule has 1 nitrogen and oxygen atoms in total. The van der Waals surface area contributed by atoms with Crippen LogP contribution in [-0.2, 0) is 4.79 Å². The lowest BCUT2D eigenvalue weighted by molar-refractivity contribution is -0.110. The van der Waals surface area contributed by atoms with Crippen LogP contribution < -0.4 is 0 Å². The van der Waals surface area contributed by atoms with Crippen molar-refractivity contribution < 1.29 is 4.79 Å². The van der Waals surface area contributed by atoms with Gasteiger partial charge in [-0.15, -0.1) is 0 Å². The molecular formula is C12H16O. The maximum absolute atomic E-state index is 10.5. The highest BCUT2D eigenvalue weighted by Crippen LogP contribution is 2.21. The minimum absolute atomic E-state index is 0.162. The average molecular weight is 176 g/mol. The molecule has 0 heterocycles. The molecule has 1 rings (SSSR count). The van der Waals surface area contributed by atoms with E-state index in [1.807, 2.05) is 25.1 Å². The third-order valence-corrected chi connectivity index (χ3v) is 2.33. The summed E-state index contributed by atoms with van der Waals surface area (Å²) in [6.07, 6.45) is 1.97. The average Bonchev–Trinajstić information content (AvgIpc) is 2.19. The lowest BCUT2D eigenvalue weighted by atomic mass is 9.92. The largest absolute Gasteiger partial charge is 0.303 e. The minimum atomic E-state index is 0.162. The smallest absolute Gasteiger partial charge is 0.122 e. The van der Waals surface area contributed by atoms with E-state index in [9.17, 15) is 4.79 Å². The Morgan fingerprint density at radius 1 is 1.23 bits per heavy atom. The van der Waals surface area contributed by atoms with Crippen molar-refractivity contribution in [2.45, 2.75) is 26.2 Å². The second kappa shape index (κ2) is 4.80. The summed E-state index contributed by atoms with van der Waals surface area (Å²) in [5.74, 6) is 0.636. The fourth-order valence-electron chi connectivity index (χ4n) is 1.53. The zero-order chi connectivity index (χ0) is 9.68. The highest BCUT2D eigenvalue weighted by atomic mass is 16.1. The van der Waals surface area contributed by atoms with Crippen molar-refractivity contribution in [2.24, 2.45) is 5.92 Å². The molecule has 2 atom stereocenters. The molecule has 0 fully saturated rings. The molecule has 1 aromatic carbocycles. The summed E-state index contributed by atoms with van der Waals surface area (Å²) in [5.41, 5.74) is 1.32. The van der Waals surface area contributed by atoms with E-state index in [-0.39, 0.29) is 5.92 Å². The second-order valence-electron chi connectivity index (χ2n) is 3.66. The molecule has 0 aliphatic heterocycles. The number of carbonyl (C=O) groups is 1. The van der Waals surface area contributed by atoms with E-state index in [0.717, 1.165) is 12.7 Å². The lowest BCUT2D eigenvalue weighted by Crippen LogP contribution is -2.02. The van der Waals surface area contributed by atoms with Crippen molar-refractivity contribution in [2.75, 3.05) is 0 Å². The normalized spacial score (nSPS) is 14.9. The van der Waals surface area contributed by atoms with Gasteiger partial charge in [0, 0.05) is 5.92 Å². The molecule has 0 aromatic heterocycles. The first-order chi connectivity index (χ1) is 6.24. The van der Waals surface area contributed by atoms with Gasteiger partial charge in [0.05, 0.1) is 0 Å². The molecule has 0 bridgehead atoms. The second-order valence-corrected chi connectivity index (χ2v) is 3.66. The SMILES string of the molecule is CC(C=O)C[C@H](C)c1ccccc1. The molecule has 0 saturated heterocycles. The first-order valence-electron chi connectivity index (χ1n) is 4.74. The van der Waals surface area contributed by atoms with Gasteiger partial charge in [0.2, 0.25) is 0 Å². The fourth-order valence-corrected chi connectivity index (χ4v) is 1.53. The van der Waals surface area contributed by atoms with Gasteiger partial charge >= 0.3 is 0 Å². The van der Waals surface area contributed by atoms with E-state index in [1.54, 1.807) is 0 Å². The van der Waals surface area contributed by atoms with Gasteiger partial charge in [0.25, 0.3) is 0 Å². The van der Waals surface area contributed by atoms with Crippen LogP contribution in [0.2, 0.25) is 0 Å². The molecule has 0 spiro atoms. The molecule has 0 N–H and O–H groups in total. The molecule has 0 amide bonds. The van der Waals surface area contributed by atoms with E-state index < -0.39 is 0 Å². The Bertz CT molecular complexity index is 253. The van der Waals surface area contributed by atoms with Crippen LogP contribution in [0.5, 0.6) is 0 Å². The van der Waals surface area contributed by atoms with Crippen molar-refractivity contribution in [3.8, 4) is 0 Å². The van der Waals surface area contributed by atoms with Crippen LogP contribution in [0.4, 0.5) is 0 Å². The molecule has 70 valence electrons. The Morgan fingerprint density at radius 3 is 2.38 bits per heavy atom. The van der Waals surface area contributed by atoms with E-state index >= 15 is 0 Å². The first-order valence-corrected chi connectivity index (χ1v) is 4.74. The van der Waals surface area contributed by atoms with Gasteiger partial charge < -0.3 is 4.79 Å². The van der Waals surface area contributed by atoms with Crippen LogP contribution in [0, 0.1) is 5.92 Å². The summed E-state index contributed by atoms with van der Waals surface area (Å²) in [6.45, 7) is 4.13. The maximum atomic E-state index is 10.5. The van der Waals surface area contributed by atoms with Gasteiger partial charge in [-0.05, 0) is 17.9 Å². The zero-order valence-corrected chi connectivity index (χ0v) is 8.23. The van der Waals surface area contributed by atoms with Crippen molar-refractivity contribution in [1.82, 2.24) is 0 Å². The topological polar surface area (TPSA) is 17.1 Å². The number of rotatable bonds is 4. The highest BCUT2D eigenvalue weighted by molar-refractivity contribution is 5.52. The van der Waals surface area contributed by atoms with Crippen molar-refractivity contribution >= 4 is 6.29 Å². The molecule has 0 aliphatic rings. The van der Waals surface area contributed by atoms with Gasteiger partial charge in [-0.3, -0.25) is 0 Å². The van der Waals surface area contributed by atoms with E-state index in [0.29, 0.717) is 5.92 Å². The van der Waals surface area contributed by atoms with Crippen LogP contribution >= 0.6 is 0 Å². The number of hydrogen-bond acceptors (Lipinski definition) is 1. The van der Waals surface area contributed by atoms with Crippen LogP contribution in [-0.4, -0.2) is 6.29 Å². The zero-order valence-electron chi connectivity index (χ0n) is 8.23. The first kappa shape index (κ1) is 9.97. The summed E-state index contributed by atoms with van der Waals surface area (Å²) in [5, 5.41) is 0. The van der Waals surface area contributed by atoms with Gasteiger partial charge in [-0.1, -0.05) is 44.2 Å². The van der Waals surface area contributed by atoms with Gasteiger partial charge in [-0.25, -0.2) is 0 Å². The molecule has 0 aliphatic carbocycles.